The zero-order valence-corrected chi connectivity index (χ0v) is 25.1. The van der Waals surface area contributed by atoms with Gasteiger partial charge in [-0.2, -0.15) is 0 Å². The summed E-state index contributed by atoms with van der Waals surface area (Å²) in [5, 5.41) is 9.73. The van der Waals surface area contributed by atoms with Gasteiger partial charge in [0.1, 0.15) is 24.4 Å². The predicted molar refractivity (Wildman–Crippen MR) is 154 cm³/mol. The third-order valence-corrected chi connectivity index (χ3v) is 6.85. The first kappa shape index (κ1) is 34.1. The molecule has 5 atom stereocenters. The van der Waals surface area contributed by atoms with E-state index >= 15 is 0 Å². The largest absolute Gasteiger partial charge is 0.514 e. The lowest BCUT2D eigenvalue weighted by Crippen LogP contribution is -2.38. The zero-order chi connectivity index (χ0) is 31.6. The molecule has 0 bridgehead atoms. The van der Waals surface area contributed by atoms with Crippen molar-refractivity contribution in [2.45, 2.75) is 85.2 Å². The van der Waals surface area contributed by atoms with Crippen LogP contribution < -0.4 is 15.2 Å². The van der Waals surface area contributed by atoms with Gasteiger partial charge in [-0.15, -0.1) is 0 Å². The molecule has 2 rings (SSSR count). The van der Waals surface area contributed by atoms with Gasteiger partial charge >= 0.3 is 24.2 Å². The van der Waals surface area contributed by atoms with Crippen LogP contribution in [0.4, 0.5) is 9.59 Å². The molecule has 11 nitrogen and oxygen atoms in total. The number of benzene rings is 2. The Balaban J connectivity index is 2.39. The smallest absolute Gasteiger partial charge is 0.480 e. The van der Waals surface area contributed by atoms with E-state index in [0.29, 0.717) is 11.1 Å². The first-order valence-corrected chi connectivity index (χ1v) is 13.8. The Morgan fingerprint density at radius 2 is 1.26 bits per heavy atom. The first-order valence-electron chi connectivity index (χ1n) is 13.8. The van der Waals surface area contributed by atoms with E-state index in [2.05, 4.69) is 0 Å². The minimum absolute atomic E-state index is 0.00475. The van der Waals surface area contributed by atoms with E-state index in [1.807, 2.05) is 27.7 Å². The van der Waals surface area contributed by atoms with Crippen LogP contribution in [0.1, 0.15) is 76.7 Å². The molecule has 0 saturated heterocycles. The van der Waals surface area contributed by atoms with Crippen molar-refractivity contribution in [2.75, 3.05) is 0 Å². The summed E-state index contributed by atoms with van der Waals surface area (Å²) in [5.41, 5.74) is 6.74. The van der Waals surface area contributed by atoms with Crippen LogP contribution in [0, 0.1) is 11.8 Å². The summed E-state index contributed by atoms with van der Waals surface area (Å²) in [4.78, 5) is 49.5. The molecule has 0 aliphatic heterocycles. The van der Waals surface area contributed by atoms with Crippen molar-refractivity contribution in [1.29, 1.82) is 0 Å². The first-order chi connectivity index (χ1) is 19.7. The number of hydrogen-bond acceptors (Lipinski definition) is 10. The zero-order valence-electron chi connectivity index (χ0n) is 25.1. The van der Waals surface area contributed by atoms with E-state index in [1.54, 1.807) is 51.1 Å². The molecular formula is C31H41NO10. The third kappa shape index (κ3) is 10.4. The second kappa shape index (κ2) is 15.8. The standard InChI is InChI=1S/C31H41NO10/c1-17(2)20(6)39-30(36)41-25-14-13-23(16-26(25)42-31(37)40-21(7)18(3)4)24(27(32)28(33)34)15-19(5)38-29(35)22-11-9-8-10-12-22/h8-14,16-21,24,27H,15,32H2,1-7H3,(H,33,34)/t19?,20?,21?,24?,27-/m0/s1. The molecule has 0 radical (unpaired) electrons. The number of aliphatic carboxylic acids is 1. The summed E-state index contributed by atoms with van der Waals surface area (Å²) in [5.74, 6) is -3.09. The topological polar surface area (TPSA) is 161 Å². The minimum atomic E-state index is -1.41. The summed E-state index contributed by atoms with van der Waals surface area (Å²) < 4.78 is 26.8. The number of carbonyl (C=O) groups excluding carboxylic acids is 3. The molecule has 0 heterocycles. The number of nitrogens with two attached hydrogens (primary N) is 1. The van der Waals surface area contributed by atoms with Crippen LogP contribution in [0.25, 0.3) is 0 Å². The van der Waals surface area contributed by atoms with Crippen LogP contribution >= 0.6 is 0 Å². The fourth-order valence-electron chi connectivity index (χ4n) is 3.62. The summed E-state index contributed by atoms with van der Waals surface area (Å²) in [7, 11) is 0. The lowest BCUT2D eigenvalue weighted by molar-refractivity contribution is -0.139. The second-order valence-corrected chi connectivity index (χ2v) is 10.8. The summed E-state index contributed by atoms with van der Waals surface area (Å²) in [6.45, 7) is 12.5. The van der Waals surface area contributed by atoms with Crippen LogP contribution in [-0.2, 0) is 19.0 Å². The minimum Gasteiger partial charge on any atom is -0.480 e. The molecule has 11 heteroatoms. The van der Waals surface area contributed by atoms with Gasteiger partial charge in [0, 0.05) is 5.92 Å². The van der Waals surface area contributed by atoms with Crippen molar-refractivity contribution in [1.82, 2.24) is 0 Å². The highest BCUT2D eigenvalue weighted by atomic mass is 16.7. The van der Waals surface area contributed by atoms with Crippen molar-refractivity contribution >= 4 is 24.2 Å². The highest BCUT2D eigenvalue weighted by molar-refractivity contribution is 5.89. The summed E-state index contributed by atoms with van der Waals surface area (Å²) >= 11 is 0. The fourth-order valence-corrected chi connectivity index (χ4v) is 3.62. The van der Waals surface area contributed by atoms with Gasteiger partial charge in [0.2, 0.25) is 0 Å². The molecule has 0 aliphatic rings. The molecule has 0 aromatic heterocycles. The number of ether oxygens (including phenoxy) is 5. The molecule has 2 aromatic rings. The van der Waals surface area contributed by atoms with E-state index in [1.165, 1.54) is 18.2 Å². The van der Waals surface area contributed by atoms with Gasteiger partial charge in [0.05, 0.1) is 5.56 Å². The average molecular weight is 588 g/mol. The van der Waals surface area contributed by atoms with E-state index in [0.717, 1.165) is 0 Å². The quantitative estimate of drug-likeness (QED) is 0.162. The third-order valence-electron chi connectivity index (χ3n) is 6.85. The van der Waals surface area contributed by atoms with Gasteiger partial charge in [-0.25, -0.2) is 14.4 Å². The van der Waals surface area contributed by atoms with E-state index in [-0.39, 0.29) is 29.8 Å². The van der Waals surface area contributed by atoms with E-state index < -0.39 is 54.5 Å². The van der Waals surface area contributed by atoms with Crippen LogP contribution in [0.2, 0.25) is 0 Å². The molecular weight excluding hydrogens is 546 g/mol. The van der Waals surface area contributed by atoms with E-state index in [4.69, 9.17) is 29.4 Å². The molecule has 42 heavy (non-hydrogen) atoms. The van der Waals surface area contributed by atoms with Crippen LogP contribution in [0.15, 0.2) is 48.5 Å². The van der Waals surface area contributed by atoms with Crippen molar-refractivity contribution in [3.63, 3.8) is 0 Å². The van der Waals surface area contributed by atoms with Crippen molar-refractivity contribution in [3.05, 3.63) is 59.7 Å². The molecule has 2 aromatic carbocycles. The molecule has 0 fully saturated rings. The number of carbonyl (C=O) groups is 4. The number of esters is 1. The Bertz CT molecular complexity index is 1210. The SMILES string of the molecule is CC(CC(c1ccc(OC(=O)OC(C)C(C)C)c(OC(=O)OC(C)C(C)C)c1)[C@H](N)C(=O)O)OC(=O)c1ccccc1. The Morgan fingerprint density at radius 3 is 1.76 bits per heavy atom. The van der Waals surface area contributed by atoms with Gasteiger partial charge < -0.3 is 34.5 Å². The number of carboxylic acids is 1. The van der Waals surface area contributed by atoms with Crippen molar-refractivity contribution in [2.24, 2.45) is 17.6 Å². The molecule has 0 aliphatic carbocycles. The maximum atomic E-state index is 12.6. The Labute approximate surface area is 246 Å². The predicted octanol–water partition coefficient (Wildman–Crippen LogP) is 5.94. The number of rotatable bonds is 13. The lowest BCUT2D eigenvalue weighted by atomic mass is 9.87. The Hall–Kier alpha value is -4.12. The molecule has 0 amide bonds. The Morgan fingerprint density at radius 1 is 0.738 bits per heavy atom. The Kier molecular flexibility index (Phi) is 12.8. The lowest BCUT2D eigenvalue weighted by Gasteiger charge is -2.25. The number of hydrogen-bond donors (Lipinski definition) is 2. The van der Waals surface area contributed by atoms with Crippen molar-refractivity contribution < 1.29 is 48.0 Å². The second-order valence-electron chi connectivity index (χ2n) is 10.8. The summed E-state index contributed by atoms with van der Waals surface area (Å²) in [6, 6.07) is 11.1. The van der Waals surface area contributed by atoms with Crippen LogP contribution in [0.5, 0.6) is 11.5 Å². The van der Waals surface area contributed by atoms with Crippen LogP contribution in [0.3, 0.4) is 0 Å². The average Bonchev–Trinajstić information content (AvgIpc) is 2.92. The van der Waals surface area contributed by atoms with E-state index in [9.17, 15) is 24.3 Å². The van der Waals surface area contributed by atoms with Gasteiger partial charge in [0.15, 0.2) is 11.5 Å². The molecule has 230 valence electrons. The fraction of sp³-hybridized carbons (Fsp3) is 0.484. The van der Waals surface area contributed by atoms with Gasteiger partial charge in [-0.1, -0.05) is 52.0 Å². The maximum absolute atomic E-state index is 12.6. The summed E-state index contributed by atoms with van der Waals surface area (Å²) in [6.07, 6.45) is -3.71. The van der Waals surface area contributed by atoms with Gasteiger partial charge in [-0.3, -0.25) is 4.79 Å². The molecule has 0 spiro atoms. The normalized spacial score (nSPS) is 14.7. The highest BCUT2D eigenvalue weighted by Crippen LogP contribution is 2.35. The van der Waals surface area contributed by atoms with Gasteiger partial charge in [-0.05, 0) is 68.9 Å². The number of carboxylic acid groups (broad SMARTS) is 1. The maximum Gasteiger partial charge on any atom is 0.514 e. The molecule has 3 N–H and O–H groups in total. The van der Waals surface area contributed by atoms with Crippen LogP contribution in [-0.4, -0.2) is 53.7 Å². The van der Waals surface area contributed by atoms with Crippen molar-refractivity contribution in [3.8, 4) is 11.5 Å². The highest BCUT2D eigenvalue weighted by Gasteiger charge is 2.31. The molecule has 4 unspecified atom stereocenters. The van der Waals surface area contributed by atoms with Gasteiger partial charge in [0.25, 0.3) is 0 Å². The molecule has 0 saturated carbocycles. The monoisotopic (exact) mass is 587 g/mol.